The number of fused-ring (bicyclic) bond motifs is 1. The van der Waals surface area contributed by atoms with Crippen molar-refractivity contribution in [1.82, 2.24) is 4.98 Å². The number of nitrogens with zero attached hydrogens (tertiary/aromatic N) is 2. The van der Waals surface area contributed by atoms with Gasteiger partial charge in [-0.1, -0.05) is 13.8 Å². The van der Waals surface area contributed by atoms with Crippen molar-refractivity contribution in [2.45, 2.75) is 33.6 Å². The Kier molecular flexibility index (Phi) is 3.67. The lowest BCUT2D eigenvalue weighted by molar-refractivity contribution is 0.848. The summed E-state index contributed by atoms with van der Waals surface area (Å²) in [5.74, 6) is 0. The van der Waals surface area contributed by atoms with Crippen molar-refractivity contribution in [1.29, 1.82) is 0 Å². The Bertz CT molecular complexity index is 516. The predicted molar refractivity (Wildman–Crippen MR) is 77.3 cm³/mol. The smallest absolute Gasteiger partial charge is 0.0860 e. The molecule has 0 aliphatic carbocycles. The van der Waals surface area contributed by atoms with Crippen LogP contribution in [0.2, 0.25) is 0 Å². The Labute approximate surface area is 107 Å². The van der Waals surface area contributed by atoms with Crippen LogP contribution in [-0.4, -0.2) is 18.6 Å². The van der Waals surface area contributed by atoms with Crippen LogP contribution in [0.1, 0.15) is 31.4 Å². The second kappa shape index (κ2) is 5.05. The van der Waals surface area contributed by atoms with Gasteiger partial charge in [-0.3, -0.25) is 4.98 Å². The molecule has 3 heteroatoms. The fourth-order valence-corrected chi connectivity index (χ4v) is 3.37. The van der Waals surface area contributed by atoms with E-state index in [2.05, 4.69) is 43.1 Å². The van der Waals surface area contributed by atoms with E-state index in [9.17, 15) is 0 Å². The molecule has 0 bridgehead atoms. The van der Waals surface area contributed by atoms with E-state index < -0.39 is 0 Å². The third-order valence-electron chi connectivity index (χ3n) is 3.13. The number of rotatable bonds is 4. The zero-order chi connectivity index (χ0) is 12.4. The quantitative estimate of drug-likeness (QED) is 0.812. The molecule has 92 valence electrons. The normalized spacial score (nSPS) is 11.1. The van der Waals surface area contributed by atoms with Gasteiger partial charge in [0.2, 0.25) is 0 Å². The maximum absolute atomic E-state index is 4.60. The number of aryl methyl sites for hydroxylation is 2. The molecule has 0 amide bonds. The van der Waals surface area contributed by atoms with E-state index in [1.165, 1.54) is 33.5 Å². The summed E-state index contributed by atoms with van der Waals surface area (Å²) < 4.78 is 1.35. The molecule has 0 saturated heterocycles. The highest BCUT2D eigenvalue weighted by Gasteiger charge is 2.14. The minimum absolute atomic E-state index is 1.04. The fraction of sp³-hybridized carbons (Fsp3) is 0.500. The Morgan fingerprint density at radius 3 is 2.76 bits per heavy atom. The molecule has 0 atom stereocenters. The van der Waals surface area contributed by atoms with E-state index in [0.717, 1.165) is 13.0 Å². The Morgan fingerprint density at radius 2 is 2.12 bits per heavy atom. The second-order valence-corrected chi connectivity index (χ2v) is 5.38. The van der Waals surface area contributed by atoms with Crippen molar-refractivity contribution in [3.05, 3.63) is 22.7 Å². The molecule has 0 unspecified atom stereocenters. The first-order valence-corrected chi connectivity index (χ1v) is 7.13. The standard InChI is InChI=1S/C14H20N2S/c1-5-7-16(4)13-11(6-2)8-15-12-10(3)9-17-14(12)13/h8-9H,5-7H2,1-4H3. The fourth-order valence-electron chi connectivity index (χ4n) is 2.24. The van der Waals surface area contributed by atoms with Gasteiger partial charge in [0, 0.05) is 19.8 Å². The molecule has 0 aromatic carbocycles. The number of thiophene rings is 1. The van der Waals surface area contributed by atoms with Crippen molar-refractivity contribution in [3.8, 4) is 0 Å². The largest absolute Gasteiger partial charge is 0.373 e. The van der Waals surface area contributed by atoms with Crippen LogP contribution < -0.4 is 4.90 Å². The first-order chi connectivity index (χ1) is 8.19. The highest BCUT2D eigenvalue weighted by Crippen LogP contribution is 2.35. The monoisotopic (exact) mass is 248 g/mol. The third-order valence-corrected chi connectivity index (χ3v) is 4.23. The molecular weight excluding hydrogens is 228 g/mol. The van der Waals surface area contributed by atoms with Gasteiger partial charge >= 0.3 is 0 Å². The maximum Gasteiger partial charge on any atom is 0.0860 e. The molecule has 2 nitrogen and oxygen atoms in total. The topological polar surface area (TPSA) is 16.1 Å². The molecule has 17 heavy (non-hydrogen) atoms. The first kappa shape index (κ1) is 12.4. The maximum atomic E-state index is 4.60. The number of aromatic nitrogens is 1. The average molecular weight is 248 g/mol. The molecule has 0 saturated carbocycles. The Balaban J connectivity index is 2.62. The molecule has 0 N–H and O–H groups in total. The number of hydrogen-bond acceptors (Lipinski definition) is 3. The van der Waals surface area contributed by atoms with Crippen molar-refractivity contribution >= 4 is 27.2 Å². The van der Waals surface area contributed by atoms with Crippen molar-refractivity contribution in [3.63, 3.8) is 0 Å². The van der Waals surface area contributed by atoms with Crippen LogP contribution >= 0.6 is 11.3 Å². The van der Waals surface area contributed by atoms with Crippen LogP contribution in [0, 0.1) is 6.92 Å². The number of hydrogen-bond donors (Lipinski definition) is 0. The van der Waals surface area contributed by atoms with Gasteiger partial charge in [-0.25, -0.2) is 0 Å². The summed E-state index contributed by atoms with van der Waals surface area (Å²) >= 11 is 1.82. The van der Waals surface area contributed by atoms with Gasteiger partial charge < -0.3 is 4.90 Å². The van der Waals surface area contributed by atoms with Crippen molar-refractivity contribution < 1.29 is 0 Å². The van der Waals surface area contributed by atoms with Gasteiger partial charge in [0.05, 0.1) is 15.9 Å². The molecule has 0 spiro atoms. The second-order valence-electron chi connectivity index (χ2n) is 4.50. The molecule has 0 aliphatic rings. The lowest BCUT2D eigenvalue weighted by atomic mass is 10.1. The van der Waals surface area contributed by atoms with Crippen LogP contribution in [0.15, 0.2) is 11.6 Å². The van der Waals surface area contributed by atoms with Crippen LogP contribution in [0.3, 0.4) is 0 Å². The minimum Gasteiger partial charge on any atom is -0.373 e. The lowest BCUT2D eigenvalue weighted by Crippen LogP contribution is -2.19. The van der Waals surface area contributed by atoms with Gasteiger partial charge in [-0.05, 0) is 36.3 Å². The van der Waals surface area contributed by atoms with Crippen molar-refractivity contribution in [2.75, 3.05) is 18.5 Å². The van der Waals surface area contributed by atoms with Gasteiger partial charge in [-0.2, -0.15) is 0 Å². The van der Waals surface area contributed by atoms with Crippen LogP contribution in [0.5, 0.6) is 0 Å². The van der Waals surface area contributed by atoms with Gasteiger partial charge in [0.1, 0.15) is 0 Å². The summed E-state index contributed by atoms with van der Waals surface area (Å²) in [6.45, 7) is 7.66. The highest BCUT2D eigenvalue weighted by molar-refractivity contribution is 7.18. The summed E-state index contributed by atoms with van der Waals surface area (Å²) in [6.07, 6.45) is 4.26. The molecule has 0 aliphatic heterocycles. The summed E-state index contributed by atoms with van der Waals surface area (Å²) in [5.41, 5.74) is 5.21. The summed E-state index contributed by atoms with van der Waals surface area (Å²) in [5, 5.41) is 2.21. The number of anilines is 1. The average Bonchev–Trinajstić information content (AvgIpc) is 2.70. The summed E-state index contributed by atoms with van der Waals surface area (Å²) in [6, 6.07) is 0. The summed E-state index contributed by atoms with van der Waals surface area (Å²) in [7, 11) is 2.19. The van der Waals surface area contributed by atoms with E-state index in [1.54, 1.807) is 0 Å². The van der Waals surface area contributed by atoms with E-state index in [0.29, 0.717) is 0 Å². The Morgan fingerprint density at radius 1 is 1.35 bits per heavy atom. The zero-order valence-electron chi connectivity index (χ0n) is 11.1. The highest BCUT2D eigenvalue weighted by atomic mass is 32.1. The molecule has 2 aromatic rings. The van der Waals surface area contributed by atoms with E-state index in [1.807, 2.05) is 17.5 Å². The van der Waals surface area contributed by atoms with Gasteiger partial charge in [0.15, 0.2) is 0 Å². The molecule has 0 fully saturated rings. The lowest BCUT2D eigenvalue weighted by Gasteiger charge is -2.22. The SMILES string of the molecule is CCCN(C)c1c(CC)cnc2c(C)csc12. The molecular formula is C14H20N2S. The Hall–Kier alpha value is -1.09. The zero-order valence-corrected chi connectivity index (χ0v) is 11.9. The van der Waals surface area contributed by atoms with Gasteiger partial charge in [-0.15, -0.1) is 11.3 Å². The molecule has 2 rings (SSSR count). The predicted octanol–water partition coefficient (Wildman–Crippen LogP) is 4.01. The molecule has 2 heterocycles. The van der Waals surface area contributed by atoms with Crippen LogP contribution in [-0.2, 0) is 6.42 Å². The molecule has 0 radical (unpaired) electrons. The van der Waals surface area contributed by atoms with E-state index in [-0.39, 0.29) is 0 Å². The van der Waals surface area contributed by atoms with E-state index >= 15 is 0 Å². The van der Waals surface area contributed by atoms with E-state index in [4.69, 9.17) is 0 Å². The van der Waals surface area contributed by atoms with Crippen LogP contribution in [0.25, 0.3) is 10.2 Å². The minimum atomic E-state index is 1.04. The number of pyridine rings is 1. The van der Waals surface area contributed by atoms with Crippen LogP contribution in [0.4, 0.5) is 5.69 Å². The van der Waals surface area contributed by atoms with Gasteiger partial charge in [0.25, 0.3) is 0 Å². The summed E-state index contributed by atoms with van der Waals surface area (Å²) in [4.78, 5) is 6.97. The molecule has 2 aromatic heterocycles. The first-order valence-electron chi connectivity index (χ1n) is 6.25. The van der Waals surface area contributed by atoms with Crippen molar-refractivity contribution in [2.24, 2.45) is 0 Å². The third kappa shape index (κ3) is 2.16.